The van der Waals surface area contributed by atoms with Gasteiger partial charge < -0.3 is 14.7 Å². The second-order valence-corrected chi connectivity index (χ2v) is 5.42. The highest BCUT2D eigenvalue weighted by molar-refractivity contribution is 6.99. The monoisotopic (exact) mass is 253 g/mol. The van der Waals surface area contributed by atoms with Gasteiger partial charge in [0.25, 0.3) is 0 Å². The van der Waals surface area contributed by atoms with Crippen molar-refractivity contribution in [1.29, 1.82) is 0 Å². The molecule has 17 heavy (non-hydrogen) atoms. The van der Waals surface area contributed by atoms with Gasteiger partial charge in [-0.2, -0.15) is 8.75 Å². The van der Waals surface area contributed by atoms with Gasteiger partial charge in [-0.05, 0) is 19.9 Å². The van der Waals surface area contributed by atoms with Gasteiger partial charge in [0, 0.05) is 39.3 Å². The lowest BCUT2D eigenvalue weighted by atomic mass is 10.3. The van der Waals surface area contributed by atoms with Crippen LogP contribution in [0, 0.1) is 0 Å². The highest BCUT2D eigenvalue weighted by atomic mass is 32.1. The zero-order valence-corrected chi connectivity index (χ0v) is 11.1. The Morgan fingerprint density at radius 2 is 1.35 bits per heavy atom. The number of anilines is 2. The van der Waals surface area contributed by atoms with Crippen molar-refractivity contribution in [2.75, 3.05) is 56.1 Å². The predicted molar refractivity (Wildman–Crippen MR) is 71.1 cm³/mol. The third-order valence-corrected chi connectivity index (χ3v) is 4.17. The number of hydrogen-bond donors (Lipinski definition) is 0. The Kier molecular flexibility index (Phi) is 3.15. The smallest absolute Gasteiger partial charge is 0.187 e. The molecule has 2 fully saturated rings. The van der Waals surface area contributed by atoms with Crippen LogP contribution in [0.25, 0.3) is 0 Å². The van der Waals surface area contributed by atoms with E-state index in [1.807, 2.05) is 0 Å². The van der Waals surface area contributed by atoms with Crippen LogP contribution < -0.4 is 9.80 Å². The Labute approximate surface area is 106 Å². The molecule has 1 aromatic rings. The van der Waals surface area contributed by atoms with Crippen molar-refractivity contribution in [3.63, 3.8) is 0 Å². The first-order valence-corrected chi connectivity index (χ1v) is 7.08. The molecule has 2 saturated heterocycles. The molecule has 0 N–H and O–H groups in total. The average Bonchev–Trinajstić information content (AvgIpc) is 3.00. The van der Waals surface area contributed by atoms with Crippen LogP contribution in [0.1, 0.15) is 12.8 Å². The molecule has 0 radical (unpaired) electrons. The second-order valence-electron chi connectivity index (χ2n) is 4.90. The van der Waals surface area contributed by atoms with Crippen LogP contribution in [0.2, 0.25) is 0 Å². The third-order valence-electron chi connectivity index (χ3n) is 3.66. The molecular weight excluding hydrogens is 234 g/mol. The van der Waals surface area contributed by atoms with Gasteiger partial charge in [0.2, 0.25) is 0 Å². The molecule has 0 unspecified atom stereocenters. The summed E-state index contributed by atoms with van der Waals surface area (Å²) in [4.78, 5) is 7.14. The molecule has 6 heteroatoms. The molecule has 94 valence electrons. The quantitative estimate of drug-likeness (QED) is 0.782. The van der Waals surface area contributed by atoms with Gasteiger partial charge in [-0.15, -0.1) is 0 Å². The minimum Gasteiger partial charge on any atom is -0.353 e. The molecule has 1 aromatic heterocycles. The molecule has 0 aliphatic carbocycles. The lowest BCUT2D eigenvalue weighted by molar-refractivity contribution is 0.312. The van der Waals surface area contributed by atoms with Gasteiger partial charge in [-0.25, -0.2) is 0 Å². The molecule has 3 rings (SSSR count). The molecule has 0 amide bonds. The van der Waals surface area contributed by atoms with Gasteiger partial charge in [0.15, 0.2) is 11.6 Å². The first kappa shape index (κ1) is 11.2. The van der Waals surface area contributed by atoms with Crippen LogP contribution in [0.5, 0.6) is 0 Å². The van der Waals surface area contributed by atoms with Gasteiger partial charge >= 0.3 is 0 Å². The summed E-state index contributed by atoms with van der Waals surface area (Å²) in [7, 11) is 2.18. The van der Waals surface area contributed by atoms with Crippen molar-refractivity contribution in [2.45, 2.75) is 12.8 Å². The van der Waals surface area contributed by atoms with Crippen molar-refractivity contribution in [1.82, 2.24) is 13.6 Å². The average molecular weight is 253 g/mol. The van der Waals surface area contributed by atoms with E-state index in [1.54, 1.807) is 0 Å². The van der Waals surface area contributed by atoms with E-state index in [0.29, 0.717) is 0 Å². The zero-order valence-electron chi connectivity index (χ0n) is 10.3. The van der Waals surface area contributed by atoms with Crippen molar-refractivity contribution in [2.24, 2.45) is 0 Å². The third kappa shape index (κ3) is 2.24. The maximum absolute atomic E-state index is 4.51. The largest absolute Gasteiger partial charge is 0.353 e. The van der Waals surface area contributed by atoms with E-state index >= 15 is 0 Å². The first-order chi connectivity index (χ1) is 8.34. The summed E-state index contributed by atoms with van der Waals surface area (Å²) in [6, 6.07) is 0. The van der Waals surface area contributed by atoms with Crippen molar-refractivity contribution in [3.8, 4) is 0 Å². The normalized spacial score (nSPS) is 22.4. The number of aromatic nitrogens is 2. The Balaban J connectivity index is 1.76. The molecule has 2 aliphatic rings. The number of nitrogens with zero attached hydrogens (tertiary/aromatic N) is 5. The van der Waals surface area contributed by atoms with E-state index in [4.69, 9.17) is 0 Å². The minimum atomic E-state index is 1.07. The molecule has 0 aromatic carbocycles. The van der Waals surface area contributed by atoms with Crippen molar-refractivity contribution in [3.05, 3.63) is 0 Å². The van der Waals surface area contributed by atoms with Crippen molar-refractivity contribution >= 4 is 23.4 Å². The lowest BCUT2D eigenvalue weighted by Crippen LogP contribution is -2.45. The van der Waals surface area contributed by atoms with Gasteiger partial charge in [-0.3, -0.25) is 0 Å². The van der Waals surface area contributed by atoms with Gasteiger partial charge in [-0.1, -0.05) is 0 Å². The van der Waals surface area contributed by atoms with Crippen molar-refractivity contribution < 1.29 is 0 Å². The van der Waals surface area contributed by atoms with Crippen LogP contribution >= 0.6 is 11.7 Å². The van der Waals surface area contributed by atoms with Gasteiger partial charge in [0.05, 0.1) is 11.7 Å². The number of piperazine rings is 1. The summed E-state index contributed by atoms with van der Waals surface area (Å²) in [5.41, 5.74) is 0. The Morgan fingerprint density at radius 3 is 1.94 bits per heavy atom. The van der Waals surface area contributed by atoms with Crippen LogP contribution in [0.4, 0.5) is 11.6 Å². The Morgan fingerprint density at radius 1 is 0.824 bits per heavy atom. The van der Waals surface area contributed by atoms with Crippen LogP contribution in [-0.2, 0) is 0 Å². The summed E-state index contributed by atoms with van der Waals surface area (Å²) in [5, 5.41) is 0. The van der Waals surface area contributed by atoms with Crippen LogP contribution in [0.15, 0.2) is 0 Å². The summed E-state index contributed by atoms with van der Waals surface area (Å²) >= 11 is 1.35. The Hall–Kier alpha value is -0.880. The molecule has 5 nitrogen and oxygen atoms in total. The molecule has 3 heterocycles. The molecule has 0 spiro atoms. The van der Waals surface area contributed by atoms with E-state index in [0.717, 1.165) is 50.9 Å². The maximum Gasteiger partial charge on any atom is 0.187 e. The summed E-state index contributed by atoms with van der Waals surface area (Å²) in [6.07, 6.45) is 2.58. The highest BCUT2D eigenvalue weighted by Crippen LogP contribution is 2.30. The number of rotatable bonds is 2. The fraction of sp³-hybridized carbons (Fsp3) is 0.818. The summed E-state index contributed by atoms with van der Waals surface area (Å²) < 4.78 is 9.00. The second kappa shape index (κ2) is 4.78. The topological polar surface area (TPSA) is 35.5 Å². The summed E-state index contributed by atoms with van der Waals surface area (Å²) in [6.45, 7) is 6.68. The number of likely N-dealkylation sites (N-methyl/N-ethyl adjacent to an activating group) is 1. The number of hydrogen-bond acceptors (Lipinski definition) is 6. The standard InChI is InChI=1S/C11H19N5S/c1-14-6-8-16(9-7-14)11-10(12-17-13-11)15-4-2-3-5-15/h2-9H2,1H3. The van der Waals surface area contributed by atoms with E-state index in [1.165, 1.54) is 24.6 Å². The van der Waals surface area contributed by atoms with E-state index in [2.05, 4.69) is 30.5 Å². The van der Waals surface area contributed by atoms with Crippen LogP contribution in [0.3, 0.4) is 0 Å². The zero-order chi connectivity index (χ0) is 11.7. The summed E-state index contributed by atoms with van der Waals surface area (Å²) in [5.74, 6) is 2.24. The molecule has 0 atom stereocenters. The van der Waals surface area contributed by atoms with E-state index in [-0.39, 0.29) is 0 Å². The molecule has 0 bridgehead atoms. The maximum atomic E-state index is 4.51. The highest BCUT2D eigenvalue weighted by Gasteiger charge is 2.24. The fourth-order valence-electron chi connectivity index (χ4n) is 2.52. The molecular formula is C11H19N5S. The van der Waals surface area contributed by atoms with Gasteiger partial charge in [0.1, 0.15) is 0 Å². The minimum absolute atomic E-state index is 1.07. The van der Waals surface area contributed by atoms with E-state index < -0.39 is 0 Å². The Bertz CT molecular complexity index is 366. The first-order valence-electron chi connectivity index (χ1n) is 6.35. The van der Waals surface area contributed by atoms with E-state index in [9.17, 15) is 0 Å². The lowest BCUT2D eigenvalue weighted by Gasteiger charge is -2.33. The van der Waals surface area contributed by atoms with Crippen LogP contribution in [-0.4, -0.2) is 60.0 Å². The SMILES string of the molecule is CN1CCN(c2nsnc2N2CCCC2)CC1. The fourth-order valence-corrected chi connectivity index (χ4v) is 3.11. The predicted octanol–water partition coefficient (Wildman–Crippen LogP) is 0.890. The molecule has 2 aliphatic heterocycles. The molecule has 0 saturated carbocycles.